The van der Waals surface area contributed by atoms with Crippen LogP contribution in [0.25, 0.3) is 0 Å². The first-order valence-corrected chi connectivity index (χ1v) is 5.04. The van der Waals surface area contributed by atoms with Gasteiger partial charge in [-0.25, -0.2) is 0 Å². The Hall–Kier alpha value is -1.71. The standard InChI is InChI=1S/C11H15N3O/c1-13-8-9(12)7-10(13)11(15)14-5-3-2-4-6-14/h2-3,7-8H,4-6,12H2,1H3. The van der Waals surface area contributed by atoms with Gasteiger partial charge in [0.05, 0.1) is 5.69 Å². The van der Waals surface area contributed by atoms with E-state index in [1.54, 1.807) is 16.8 Å². The number of aromatic nitrogens is 1. The molecule has 0 spiro atoms. The van der Waals surface area contributed by atoms with Gasteiger partial charge in [0.15, 0.2) is 0 Å². The first-order chi connectivity index (χ1) is 7.18. The van der Waals surface area contributed by atoms with Crippen LogP contribution in [-0.2, 0) is 7.05 Å². The Kier molecular flexibility index (Phi) is 2.49. The highest BCUT2D eigenvalue weighted by Crippen LogP contribution is 2.13. The summed E-state index contributed by atoms with van der Waals surface area (Å²) in [5.41, 5.74) is 6.93. The van der Waals surface area contributed by atoms with Gasteiger partial charge in [-0.15, -0.1) is 0 Å². The monoisotopic (exact) mass is 205 g/mol. The van der Waals surface area contributed by atoms with E-state index >= 15 is 0 Å². The molecule has 80 valence electrons. The molecule has 0 radical (unpaired) electrons. The zero-order valence-corrected chi connectivity index (χ0v) is 8.81. The van der Waals surface area contributed by atoms with E-state index < -0.39 is 0 Å². The Labute approximate surface area is 89.0 Å². The Morgan fingerprint density at radius 3 is 2.80 bits per heavy atom. The van der Waals surface area contributed by atoms with Crippen LogP contribution in [0, 0.1) is 0 Å². The van der Waals surface area contributed by atoms with Gasteiger partial charge in [0.2, 0.25) is 0 Å². The molecule has 1 aliphatic rings. The summed E-state index contributed by atoms with van der Waals surface area (Å²) < 4.78 is 1.77. The van der Waals surface area contributed by atoms with Gasteiger partial charge < -0.3 is 15.2 Å². The van der Waals surface area contributed by atoms with Gasteiger partial charge in [-0.05, 0) is 12.5 Å². The topological polar surface area (TPSA) is 51.3 Å². The predicted octanol–water partition coefficient (Wildman–Crippen LogP) is 1.01. The van der Waals surface area contributed by atoms with Crippen molar-refractivity contribution in [2.45, 2.75) is 6.42 Å². The lowest BCUT2D eigenvalue weighted by atomic mass is 10.2. The molecule has 1 aromatic rings. The van der Waals surface area contributed by atoms with Crippen LogP contribution in [0.1, 0.15) is 16.9 Å². The van der Waals surface area contributed by atoms with E-state index in [2.05, 4.69) is 6.08 Å². The van der Waals surface area contributed by atoms with E-state index in [-0.39, 0.29) is 5.91 Å². The average molecular weight is 205 g/mol. The summed E-state index contributed by atoms with van der Waals surface area (Å²) in [5, 5.41) is 0. The molecule has 0 aliphatic carbocycles. The molecule has 2 N–H and O–H groups in total. The number of nitrogens with zero attached hydrogens (tertiary/aromatic N) is 2. The lowest BCUT2D eigenvalue weighted by Gasteiger charge is -2.23. The molecule has 4 nitrogen and oxygen atoms in total. The van der Waals surface area contributed by atoms with Gasteiger partial charge in [-0.2, -0.15) is 0 Å². The van der Waals surface area contributed by atoms with Gasteiger partial charge >= 0.3 is 0 Å². The van der Waals surface area contributed by atoms with Crippen LogP contribution in [-0.4, -0.2) is 28.5 Å². The van der Waals surface area contributed by atoms with Crippen molar-refractivity contribution in [1.82, 2.24) is 9.47 Å². The molecule has 15 heavy (non-hydrogen) atoms. The maximum Gasteiger partial charge on any atom is 0.270 e. The van der Waals surface area contributed by atoms with Gasteiger partial charge in [0, 0.05) is 26.3 Å². The molecule has 1 aromatic heterocycles. The average Bonchev–Trinajstić information content (AvgIpc) is 2.58. The molecule has 0 saturated carbocycles. The van der Waals surface area contributed by atoms with Crippen LogP contribution in [0.5, 0.6) is 0 Å². The summed E-state index contributed by atoms with van der Waals surface area (Å²) in [5.74, 6) is 0.0542. The minimum Gasteiger partial charge on any atom is -0.397 e. The van der Waals surface area contributed by atoms with E-state index in [0.29, 0.717) is 17.9 Å². The molecule has 2 heterocycles. The van der Waals surface area contributed by atoms with Crippen molar-refractivity contribution in [3.8, 4) is 0 Å². The molecule has 0 saturated heterocycles. The fourth-order valence-corrected chi connectivity index (χ4v) is 1.79. The summed E-state index contributed by atoms with van der Waals surface area (Å²) in [4.78, 5) is 13.9. The van der Waals surface area contributed by atoms with Crippen molar-refractivity contribution >= 4 is 11.6 Å². The second-order valence-corrected chi connectivity index (χ2v) is 3.78. The van der Waals surface area contributed by atoms with E-state index in [9.17, 15) is 4.79 Å². The molecular formula is C11H15N3O. The van der Waals surface area contributed by atoms with Crippen LogP contribution in [0.15, 0.2) is 24.4 Å². The zero-order valence-electron chi connectivity index (χ0n) is 8.81. The maximum atomic E-state index is 12.0. The molecule has 0 aromatic carbocycles. The SMILES string of the molecule is Cn1cc(N)cc1C(=O)N1CC=CCC1. The van der Waals surface area contributed by atoms with Gasteiger partial charge in [-0.1, -0.05) is 12.2 Å². The molecule has 1 amide bonds. The summed E-state index contributed by atoms with van der Waals surface area (Å²) in [6.45, 7) is 1.49. The Bertz CT molecular complexity index is 406. The molecule has 0 atom stereocenters. The third-order valence-corrected chi connectivity index (χ3v) is 2.59. The number of nitrogens with two attached hydrogens (primary N) is 1. The molecular weight excluding hydrogens is 190 g/mol. The minimum absolute atomic E-state index is 0.0542. The molecule has 2 rings (SSSR count). The van der Waals surface area contributed by atoms with Crippen LogP contribution in [0.2, 0.25) is 0 Å². The summed E-state index contributed by atoms with van der Waals surface area (Å²) >= 11 is 0. The van der Waals surface area contributed by atoms with Crippen molar-refractivity contribution in [2.24, 2.45) is 7.05 Å². The Morgan fingerprint density at radius 2 is 2.27 bits per heavy atom. The maximum absolute atomic E-state index is 12.0. The third-order valence-electron chi connectivity index (χ3n) is 2.59. The van der Waals surface area contributed by atoms with Gasteiger partial charge in [-0.3, -0.25) is 4.79 Å². The highest BCUT2D eigenvalue weighted by Gasteiger charge is 2.18. The molecule has 0 bridgehead atoms. The summed E-state index contributed by atoms with van der Waals surface area (Å²) in [7, 11) is 1.84. The molecule has 0 unspecified atom stereocenters. The van der Waals surface area contributed by atoms with E-state index in [1.807, 2.05) is 18.0 Å². The number of anilines is 1. The molecule has 1 aliphatic heterocycles. The number of rotatable bonds is 1. The lowest BCUT2D eigenvalue weighted by Crippen LogP contribution is -2.34. The van der Waals surface area contributed by atoms with E-state index in [1.165, 1.54) is 0 Å². The van der Waals surface area contributed by atoms with Crippen molar-refractivity contribution in [3.05, 3.63) is 30.1 Å². The van der Waals surface area contributed by atoms with Gasteiger partial charge in [0.1, 0.15) is 5.69 Å². The minimum atomic E-state index is 0.0542. The number of hydrogen-bond acceptors (Lipinski definition) is 2. The fraction of sp³-hybridized carbons (Fsp3) is 0.364. The third kappa shape index (κ3) is 1.88. The number of carbonyl (C=O) groups excluding carboxylic acids is 1. The lowest BCUT2D eigenvalue weighted by molar-refractivity contribution is 0.0761. The molecule has 0 fully saturated rings. The summed E-state index contributed by atoms with van der Waals surface area (Å²) in [6, 6.07) is 1.72. The Morgan fingerprint density at radius 1 is 1.47 bits per heavy atom. The summed E-state index contributed by atoms with van der Waals surface area (Å²) in [6.07, 6.45) is 6.81. The largest absolute Gasteiger partial charge is 0.397 e. The Balaban J connectivity index is 2.20. The first-order valence-electron chi connectivity index (χ1n) is 5.04. The predicted molar refractivity (Wildman–Crippen MR) is 59.5 cm³/mol. The zero-order chi connectivity index (χ0) is 10.8. The fourth-order valence-electron chi connectivity index (χ4n) is 1.79. The van der Waals surface area contributed by atoms with Crippen LogP contribution < -0.4 is 5.73 Å². The second-order valence-electron chi connectivity index (χ2n) is 3.78. The van der Waals surface area contributed by atoms with Gasteiger partial charge in [0.25, 0.3) is 5.91 Å². The van der Waals surface area contributed by atoms with Crippen molar-refractivity contribution in [2.75, 3.05) is 18.8 Å². The smallest absolute Gasteiger partial charge is 0.270 e. The number of aryl methyl sites for hydroxylation is 1. The number of hydrogen-bond donors (Lipinski definition) is 1. The van der Waals surface area contributed by atoms with Crippen LogP contribution in [0.3, 0.4) is 0 Å². The number of amides is 1. The highest BCUT2D eigenvalue weighted by atomic mass is 16.2. The van der Waals surface area contributed by atoms with Crippen molar-refractivity contribution in [3.63, 3.8) is 0 Å². The van der Waals surface area contributed by atoms with Crippen molar-refractivity contribution < 1.29 is 4.79 Å². The normalized spacial score (nSPS) is 15.7. The second kappa shape index (κ2) is 3.81. The number of carbonyl (C=O) groups is 1. The van der Waals surface area contributed by atoms with E-state index in [0.717, 1.165) is 13.0 Å². The van der Waals surface area contributed by atoms with Crippen molar-refractivity contribution in [1.29, 1.82) is 0 Å². The quantitative estimate of drug-likeness (QED) is 0.696. The molecule has 4 heteroatoms. The number of nitrogen functional groups attached to an aromatic ring is 1. The van der Waals surface area contributed by atoms with Crippen LogP contribution >= 0.6 is 0 Å². The van der Waals surface area contributed by atoms with Crippen LogP contribution in [0.4, 0.5) is 5.69 Å². The highest BCUT2D eigenvalue weighted by molar-refractivity contribution is 5.94. The van der Waals surface area contributed by atoms with E-state index in [4.69, 9.17) is 5.73 Å². The first kappa shape index (κ1) is 9.83.